The number of nitrogens with two attached hydrogens (primary N) is 1. The first-order valence-electron chi connectivity index (χ1n) is 12.6. The van der Waals surface area contributed by atoms with Gasteiger partial charge in [0.25, 0.3) is 10.0 Å². The van der Waals surface area contributed by atoms with Crippen molar-refractivity contribution in [2.75, 3.05) is 6.54 Å². The lowest BCUT2D eigenvalue weighted by Gasteiger charge is -2.37. The molecule has 3 aromatic rings. The van der Waals surface area contributed by atoms with E-state index in [2.05, 4.69) is 4.90 Å². The Labute approximate surface area is 224 Å². The number of primary sulfonamides is 1. The first-order valence-corrected chi connectivity index (χ1v) is 15.9. The summed E-state index contributed by atoms with van der Waals surface area (Å²) >= 11 is 5.99. The van der Waals surface area contributed by atoms with Crippen molar-refractivity contribution in [1.82, 2.24) is 8.87 Å². The molecule has 2 heterocycles. The van der Waals surface area contributed by atoms with Gasteiger partial charge in [0.2, 0.25) is 10.0 Å². The molecule has 198 valence electrons. The maximum atomic E-state index is 13.7. The van der Waals surface area contributed by atoms with Crippen molar-refractivity contribution in [2.45, 2.75) is 61.6 Å². The lowest BCUT2D eigenvalue weighted by atomic mass is 9.88. The number of para-hydroxylation sites is 1. The molecular formula is C27H32ClN3O4S2. The van der Waals surface area contributed by atoms with Gasteiger partial charge in [-0.3, -0.25) is 0 Å². The van der Waals surface area contributed by atoms with Crippen LogP contribution >= 0.6 is 11.6 Å². The van der Waals surface area contributed by atoms with Crippen LogP contribution in [0.3, 0.4) is 0 Å². The number of halogens is 1. The molecule has 1 aliphatic carbocycles. The van der Waals surface area contributed by atoms with Crippen molar-refractivity contribution in [2.24, 2.45) is 11.1 Å². The number of sulfonamides is 1. The number of fused-ring (bicyclic) bond motifs is 1. The summed E-state index contributed by atoms with van der Waals surface area (Å²) in [7, 11) is -7.88. The summed E-state index contributed by atoms with van der Waals surface area (Å²) in [5.74, 6) is 0.438. The molecule has 5 rings (SSSR count). The van der Waals surface area contributed by atoms with E-state index in [-0.39, 0.29) is 4.90 Å². The van der Waals surface area contributed by atoms with E-state index in [0.29, 0.717) is 34.3 Å². The average molecular weight is 562 g/mol. The average Bonchev–Trinajstić information content (AvgIpc) is 3.37. The number of hydrogen-bond acceptors (Lipinski definition) is 5. The zero-order valence-corrected chi connectivity index (χ0v) is 23.4. The zero-order chi connectivity index (χ0) is 26.6. The smallest absolute Gasteiger partial charge is 0.268 e. The molecule has 2 aromatic carbocycles. The van der Waals surface area contributed by atoms with Gasteiger partial charge in [-0.05, 0) is 69.0 Å². The minimum atomic E-state index is -3.94. The number of rotatable bonds is 6. The fourth-order valence-electron chi connectivity index (χ4n) is 5.72. The predicted octanol–water partition coefficient (Wildman–Crippen LogP) is 5.20. The molecule has 0 spiro atoms. The molecular weight excluding hydrogens is 530 g/mol. The van der Waals surface area contributed by atoms with Gasteiger partial charge in [-0.25, -0.2) is 25.9 Å². The van der Waals surface area contributed by atoms with Crippen LogP contribution in [0, 0.1) is 5.92 Å². The maximum absolute atomic E-state index is 13.7. The van der Waals surface area contributed by atoms with Crippen LogP contribution in [0.15, 0.2) is 65.7 Å². The second-order valence-corrected chi connectivity index (χ2v) is 14.6. The monoisotopic (exact) mass is 561 g/mol. The van der Waals surface area contributed by atoms with Crippen LogP contribution in [-0.2, 0) is 20.0 Å². The molecule has 2 N–H and O–H groups in total. The third-order valence-electron chi connectivity index (χ3n) is 8.15. The summed E-state index contributed by atoms with van der Waals surface area (Å²) < 4.78 is 53.0. The molecule has 0 radical (unpaired) electrons. The highest BCUT2D eigenvalue weighted by Gasteiger charge is 2.49. The molecule has 7 nitrogen and oxygen atoms in total. The third kappa shape index (κ3) is 4.50. The molecule has 37 heavy (non-hydrogen) atoms. The fraction of sp³-hybridized carbons (Fsp3) is 0.407. The highest BCUT2D eigenvalue weighted by Crippen LogP contribution is 2.44. The molecule has 10 heteroatoms. The summed E-state index contributed by atoms with van der Waals surface area (Å²) in [6, 6.07) is 12.9. The molecule has 1 aliphatic heterocycles. The van der Waals surface area contributed by atoms with E-state index in [1.54, 1.807) is 43.5 Å². The van der Waals surface area contributed by atoms with Gasteiger partial charge in [0.15, 0.2) is 0 Å². The Bertz CT molecular complexity index is 1570. The van der Waals surface area contributed by atoms with Crippen molar-refractivity contribution in [3.8, 4) is 0 Å². The topological polar surface area (TPSA) is 102 Å². The molecule has 1 aromatic heterocycles. The van der Waals surface area contributed by atoms with Crippen LogP contribution in [0.5, 0.6) is 0 Å². The van der Waals surface area contributed by atoms with Gasteiger partial charge in [-0.15, -0.1) is 0 Å². The Balaban J connectivity index is 1.69. The van der Waals surface area contributed by atoms with Gasteiger partial charge in [0.05, 0.1) is 16.5 Å². The van der Waals surface area contributed by atoms with Gasteiger partial charge in [0, 0.05) is 34.4 Å². The predicted molar refractivity (Wildman–Crippen MR) is 148 cm³/mol. The van der Waals surface area contributed by atoms with Crippen molar-refractivity contribution >= 4 is 48.2 Å². The van der Waals surface area contributed by atoms with Gasteiger partial charge in [0.1, 0.15) is 4.75 Å². The Morgan fingerprint density at radius 1 is 1.00 bits per heavy atom. The lowest BCUT2D eigenvalue weighted by molar-refractivity contribution is 0.224. The standard InChI is InChI=1S/C27H32ClN3O4S2/c1-19-27(2,37(29,34)35)16-26(30(19)17-20-8-4-3-5-9-20)24-18-31(25-11-7-6-10-23(24)25)36(32,33)22-14-12-21(28)13-15-22/h6-7,10-16,18-20H,3-5,8-9,17H2,1-2H3,(H2,29,34,35). The van der Waals surface area contributed by atoms with E-state index < -0.39 is 30.8 Å². The molecule has 1 fully saturated rings. The molecule has 2 unspecified atom stereocenters. The van der Waals surface area contributed by atoms with Crippen LogP contribution in [-0.4, -0.2) is 43.0 Å². The van der Waals surface area contributed by atoms with Crippen molar-refractivity contribution in [3.05, 3.63) is 71.4 Å². The highest BCUT2D eigenvalue weighted by atomic mass is 35.5. The van der Waals surface area contributed by atoms with Gasteiger partial charge in [-0.2, -0.15) is 0 Å². The number of benzene rings is 2. The van der Waals surface area contributed by atoms with E-state index >= 15 is 0 Å². The van der Waals surface area contributed by atoms with E-state index in [9.17, 15) is 16.8 Å². The summed E-state index contributed by atoms with van der Waals surface area (Å²) in [4.78, 5) is 2.24. The molecule has 2 atom stereocenters. The minimum Gasteiger partial charge on any atom is -0.366 e. The first-order chi connectivity index (χ1) is 17.4. The fourth-order valence-corrected chi connectivity index (χ4v) is 8.10. The van der Waals surface area contributed by atoms with Crippen molar-refractivity contribution in [3.63, 3.8) is 0 Å². The van der Waals surface area contributed by atoms with Crippen LogP contribution in [0.2, 0.25) is 5.02 Å². The van der Waals surface area contributed by atoms with Crippen molar-refractivity contribution in [1.29, 1.82) is 0 Å². The molecule has 0 amide bonds. The zero-order valence-electron chi connectivity index (χ0n) is 21.0. The summed E-state index contributed by atoms with van der Waals surface area (Å²) in [6.45, 7) is 4.24. The SMILES string of the molecule is CC1N(CC2CCCCC2)C(c2cn(S(=O)(=O)c3ccc(Cl)cc3)c3ccccc23)=CC1(C)S(N)(=O)=O. The maximum Gasteiger partial charge on any atom is 0.268 e. The Hall–Kier alpha value is -2.33. The van der Waals surface area contributed by atoms with E-state index in [4.69, 9.17) is 16.7 Å². The van der Waals surface area contributed by atoms with Crippen LogP contribution in [0.25, 0.3) is 16.6 Å². The third-order valence-corrected chi connectivity index (χ3v) is 11.8. The molecule has 0 bridgehead atoms. The van der Waals surface area contributed by atoms with Crippen LogP contribution in [0.4, 0.5) is 0 Å². The van der Waals surface area contributed by atoms with Crippen molar-refractivity contribution < 1.29 is 16.8 Å². The molecule has 1 saturated carbocycles. The number of aromatic nitrogens is 1. The first kappa shape index (κ1) is 26.3. The van der Waals surface area contributed by atoms with Gasteiger partial charge in [-0.1, -0.05) is 49.1 Å². The van der Waals surface area contributed by atoms with Gasteiger partial charge >= 0.3 is 0 Å². The normalized spacial score (nSPS) is 23.5. The molecule has 0 saturated heterocycles. The summed E-state index contributed by atoms with van der Waals surface area (Å²) in [5.41, 5.74) is 1.89. The lowest BCUT2D eigenvalue weighted by Crippen LogP contribution is -2.50. The second-order valence-electron chi connectivity index (χ2n) is 10.4. The molecule has 2 aliphatic rings. The minimum absolute atomic E-state index is 0.117. The van der Waals surface area contributed by atoms with E-state index in [1.807, 2.05) is 19.1 Å². The summed E-state index contributed by atoms with van der Waals surface area (Å²) in [5, 5.41) is 6.94. The van der Waals surface area contributed by atoms with Crippen LogP contribution < -0.4 is 5.14 Å². The highest BCUT2D eigenvalue weighted by molar-refractivity contribution is 7.90. The van der Waals surface area contributed by atoms with Crippen LogP contribution in [0.1, 0.15) is 51.5 Å². The quantitative estimate of drug-likeness (QED) is 0.445. The second kappa shape index (κ2) is 9.45. The number of hydrogen-bond donors (Lipinski definition) is 1. The van der Waals surface area contributed by atoms with Gasteiger partial charge < -0.3 is 4.90 Å². The summed E-state index contributed by atoms with van der Waals surface area (Å²) in [6.07, 6.45) is 9.06. The number of nitrogens with zero attached hydrogens (tertiary/aromatic N) is 2. The van der Waals surface area contributed by atoms with E-state index in [1.165, 1.54) is 22.5 Å². The Kier molecular flexibility index (Phi) is 6.71. The van der Waals surface area contributed by atoms with E-state index in [0.717, 1.165) is 31.1 Å². The Morgan fingerprint density at radius 3 is 2.30 bits per heavy atom. The largest absolute Gasteiger partial charge is 0.366 e. The Morgan fingerprint density at radius 2 is 1.65 bits per heavy atom.